The molecule has 0 amide bonds. The fraction of sp³-hybridized carbons (Fsp3) is 0.375. The lowest BCUT2D eigenvalue weighted by atomic mass is 10.0. The first-order valence-electron chi connectivity index (χ1n) is 6.32. The first-order valence-corrected chi connectivity index (χ1v) is 7.31. The van der Waals surface area contributed by atoms with Gasteiger partial charge in [0, 0.05) is 4.90 Å². The molecule has 0 atom stereocenters. The molecule has 1 aromatic rings. The van der Waals surface area contributed by atoms with Crippen molar-refractivity contribution in [1.29, 1.82) is 0 Å². The zero-order chi connectivity index (χ0) is 13.5. The molecule has 2 heteroatoms. The van der Waals surface area contributed by atoms with E-state index < -0.39 is 0 Å². The number of hydrogen-bond acceptors (Lipinski definition) is 2. The van der Waals surface area contributed by atoms with Gasteiger partial charge in [0.05, 0.1) is 6.61 Å². The molecule has 0 saturated heterocycles. The predicted octanol–water partition coefficient (Wildman–Crippen LogP) is 5.06. The van der Waals surface area contributed by atoms with Crippen LogP contribution in [0.4, 0.5) is 0 Å². The molecule has 1 nitrogen and oxygen atoms in total. The zero-order valence-corrected chi connectivity index (χ0v) is 12.6. The van der Waals surface area contributed by atoms with Crippen LogP contribution in [-0.4, -0.2) is 12.4 Å². The van der Waals surface area contributed by atoms with Gasteiger partial charge in [-0.3, -0.25) is 0 Å². The normalized spacial score (nSPS) is 11.4. The van der Waals surface area contributed by atoms with Gasteiger partial charge in [-0.1, -0.05) is 25.6 Å². The molecule has 0 fully saturated rings. The van der Waals surface area contributed by atoms with Gasteiger partial charge >= 0.3 is 0 Å². The largest absolute Gasteiger partial charge is 0.495 e. The molecule has 0 unspecified atom stereocenters. The molecular formula is C16H22OS. The maximum absolute atomic E-state index is 5.38. The van der Waals surface area contributed by atoms with Gasteiger partial charge in [0.2, 0.25) is 0 Å². The van der Waals surface area contributed by atoms with Crippen LogP contribution in [-0.2, 0) is 4.74 Å². The molecule has 0 bridgehead atoms. The molecule has 18 heavy (non-hydrogen) atoms. The molecular weight excluding hydrogens is 240 g/mol. The summed E-state index contributed by atoms with van der Waals surface area (Å²) in [7, 11) is 0. The van der Waals surface area contributed by atoms with Gasteiger partial charge in [-0.05, 0) is 55.4 Å². The van der Waals surface area contributed by atoms with Crippen LogP contribution in [0.25, 0.3) is 5.57 Å². The van der Waals surface area contributed by atoms with Gasteiger partial charge in [0.1, 0.15) is 5.76 Å². The minimum Gasteiger partial charge on any atom is -0.495 e. The van der Waals surface area contributed by atoms with Crippen molar-refractivity contribution < 1.29 is 4.74 Å². The van der Waals surface area contributed by atoms with Crippen LogP contribution in [0.1, 0.15) is 31.9 Å². The van der Waals surface area contributed by atoms with Crippen molar-refractivity contribution in [3.63, 3.8) is 0 Å². The average molecular weight is 262 g/mol. The molecule has 0 heterocycles. The number of ether oxygens (including phenoxy) is 1. The van der Waals surface area contributed by atoms with Gasteiger partial charge < -0.3 is 4.74 Å². The molecule has 98 valence electrons. The van der Waals surface area contributed by atoms with Crippen LogP contribution in [0.2, 0.25) is 0 Å². The van der Waals surface area contributed by atoms with Crippen molar-refractivity contribution in [2.75, 3.05) is 12.4 Å². The topological polar surface area (TPSA) is 9.23 Å². The molecule has 0 spiro atoms. The third-order valence-electron chi connectivity index (χ3n) is 2.72. The molecule has 0 aromatic heterocycles. The highest BCUT2D eigenvalue weighted by molar-refractivity contribution is 7.99. The van der Waals surface area contributed by atoms with Crippen molar-refractivity contribution in [1.82, 2.24) is 0 Å². The monoisotopic (exact) mass is 262 g/mol. The predicted molar refractivity (Wildman–Crippen MR) is 82.0 cm³/mol. The van der Waals surface area contributed by atoms with Crippen LogP contribution < -0.4 is 0 Å². The lowest BCUT2D eigenvalue weighted by Gasteiger charge is -2.11. The van der Waals surface area contributed by atoms with Gasteiger partial charge in [0.25, 0.3) is 0 Å². The van der Waals surface area contributed by atoms with Crippen molar-refractivity contribution in [2.24, 2.45) is 0 Å². The van der Waals surface area contributed by atoms with Crippen molar-refractivity contribution in [3.8, 4) is 0 Å². The summed E-state index contributed by atoms with van der Waals surface area (Å²) < 4.78 is 5.38. The summed E-state index contributed by atoms with van der Waals surface area (Å²) in [4.78, 5) is 1.35. The van der Waals surface area contributed by atoms with E-state index in [0.29, 0.717) is 6.61 Å². The van der Waals surface area contributed by atoms with Crippen molar-refractivity contribution >= 4 is 17.3 Å². The van der Waals surface area contributed by atoms with Gasteiger partial charge in [-0.25, -0.2) is 0 Å². The standard InChI is InChI=1S/C16H22OS/c1-6-17-13(4)11-12(3)15-9-8-10-16(14(15)5)18-7-2/h8-11H,4,6-7H2,1-3,5H3/b12-11-. The minimum atomic E-state index is 0.660. The fourth-order valence-electron chi connectivity index (χ4n) is 1.90. The molecule has 1 rings (SSSR count). The number of rotatable bonds is 6. The summed E-state index contributed by atoms with van der Waals surface area (Å²) >= 11 is 1.88. The van der Waals surface area contributed by atoms with E-state index >= 15 is 0 Å². The third-order valence-corrected chi connectivity index (χ3v) is 3.76. The smallest absolute Gasteiger partial charge is 0.112 e. The summed E-state index contributed by atoms with van der Waals surface area (Å²) in [6.45, 7) is 13.0. The Hall–Kier alpha value is -1.15. The Bertz CT molecular complexity index is 446. The van der Waals surface area contributed by atoms with Crippen LogP contribution in [0.3, 0.4) is 0 Å². The molecule has 0 aliphatic carbocycles. The lowest BCUT2D eigenvalue weighted by molar-refractivity contribution is 0.244. The maximum atomic E-state index is 5.38. The quantitative estimate of drug-likeness (QED) is 0.402. The second kappa shape index (κ2) is 7.32. The molecule has 0 N–H and O–H groups in total. The van der Waals surface area contributed by atoms with Crippen LogP contribution in [0.5, 0.6) is 0 Å². The van der Waals surface area contributed by atoms with Crippen LogP contribution in [0.15, 0.2) is 41.5 Å². The lowest BCUT2D eigenvalue weighted by Crippen LogP contribution is -1.91. The summed E-state index contributed by atoms with van der Waals surface area (Å²) in [5.74, 6) is 1.82. The fourth-order valence-corrected chi connectivity index (χ4v) is 2.71. The highest BCUT2D eigenvalue weighted by Gasteiger charge is 2.05. The summed E-state index contributed by atoms with van der Waals surface area (Å²) in [5.41, 5.74) is 3.81. The minimum absolute atomic E-state index is 0.660. The number of thioether (sulfide) groups is 1. The van der Waals surface area contributed by atoms with Crippen molar-refractivity contribution in [3.05, 3.63) is 47.7 Å². The first-order chi connectivity index (χ1) is 8.60. The molecule has 0 aliphatic rings. The Balaban J connectivity index is 3.02. The number of benzene rings is 1. The molecule has 0 saturated carbocycles. The van der Waals surface area contributed by atoms with Gasteiger partial charge in [-0.15, -0.1) is 11.8 Å². The Kier molecular flexibility index (Phi) is 6.06. The summed E-state index contributed by atoms with van der Waals surface area (Å²) in [6.07, 6.45) is 2.01. The first kappa shape index (κ1) is 14.9. The van der Waals surface area contributed by atoms with E-state index in [0.717, 1.165) is 11.5 Å². The molecule has 0 radical (unpaired) electrons. The second-order valence-electron chi connectivity index (χ2n) is 4.09. The zero-order valence-electron chi connectivity index (χ0n) is 11.7. The van der Waals surface area contributed by atoms with E-state index in [1.165, 1.54) is 21.6 Å². The van der Waals surface area contributed by atoms with E-state index in [2.05, 4.69) is 45.5 Å². The Morgan fingerprint density at radius 2 is 2.11 bits per heavy atom. The highest BCUT2D eigenvalue weighted by atomic mass is 32.2. The third kappa shape index (κ3) is 3.95. The summed E-state index contributed by atoms with van der Waals surface area (Å²) in [6, 6.07) is 6.44. The summed E-state index contributed by atoms with van der Waals surface area (Å²) in [5, 5.41) is 0. The van der Waals surface area contributed by atoms with E-state index in [1.54, 1.807) is 0 Å². The Labute approximate surface area is 115 Å². The average Bonchev–Trinajstić information content (AvgIpc) is 2.32. The van der Waals surface area contributed by atoms with Gasteiger partial charge in [0.15, 0.2) is 0 Å². The van der Waals surface area contributed by atoms with E-state index in [-0.39, 0.29) is 0 Å². The second-order valence-corrected chi connectivity index (χ2v) is 5.39. The van der Waals surface area contributed by atoms with E-state index in [4.69, 9.17) is 4.74 Å². The Morgan fingerprint density at radius 3 is 2.72 bits per heavy atom. The van der Waals surface area contributed by atoms with Crippen LogP contribution >= 0.6 is 11.8 Å². The van der Waals surface area contributed by atoms with Crippen LogP contribution in [0, 0.1) is 6.92 Å². The maximum Gasteiger partial charge on any atom is 0.112 e. The molecule has 0 aliphatic heterocycles. The molecule has 1 aromatic carbocycles. The van der Waals surface area contributed by atoms with Gasteiger partial charge in [-0.2, -0.15) is 0 Å². The van der Waals surface area contributed by atoms with Crippen molar-refractivity contribution in [2.45, 2.75) is 32.6 Å². The number of allylic oxidation sites excluding steroid dienone is 2. The number of hydrogen-bond donors (Lipinski definition) is 0. The Morgan fingerprint density at radius 1 is 1.39 bits per heavy atom. The highest BCUT2D eigenvalue weighted by Crippen LogP contribution is 2.28. The SMILES string of the molecule is C=C(/C=C(/C)c1cccc(SCC)c1C)OCC. The van der Waals surface area contributed by atoms with E-state index in [9.17, 15) is 0 Å². The van der Waals surface area contributed by atoms with E-state index in [1.807, 2.05) is 24.8 Å².